The zero-order valence-electron chi connectivity index (χ0n) is 20.0. The van der Waals surface area contributed by atoms with Gasteiger partial charge in [0.05, 0.1) is 13.2 Å². The van der Waals surface area contributed by atoms with Gasteiger partial charge in [0.25, 0.3) is 5.91 Å². The highest BCUT2D eigenvalue weighted by Gasteiger charge is 2.58. The van der Waals surface area contributed by atoms with Crippen molar-refractivity contribution in [2.24, 2.45) is 0 Å². The number of nitrogens with zero attached hydrogens (tertiary/aromatic N) is 2. The second-order valence-corrected chi connectivity index (χ2v) is 9.37. The molecule has 2 aromatic carbocycles. The Hall–Kier alpha value is -3.95. The molecule has 5 rings (SSSR count). The number of ether oxygens (including phenoxy) is 2. The van der Waals surface area contributed by atoms with E-state index < -0.39 is 30.2 Å². The summed E-state index contributed by atoms with van der Waals surface area (Å²) in [5.74, 6) is -1.30. The number of imide groups is 1. The van der Waals surface area contributed by atoms with Crippen LogP contribution in [0.2, 0.25) is 0 Å². The van der Waals surface area contributed by atoms with E-state index in [-0.39, 0.29) is 30.2 Å². The first-order chi connectivity index (χ1) is 17.2. The molecule has 2 aromatic rings. The quantitative estimate of drug-likeness (QED) is 0.690. The Balaban J connectivity index is 1.35. The van der Waals surface area contributed by atoms with E-state index >= 15 is 0 Å². The van der Waals surface area contributed by atoms with Crippen molar-refractivity contribution >= 4 is 29.7 Å². The average molecular weight is 496 g/mol. The standard InChI is InChI=1S/C26H26FN3O6/c1-15-3-10-21(16-4-6-18(27)7-5-16)30(15)22(31)14-29-23(32)26(36-25(29)34)12-11-17-13-19(8-9-20(17)26)28-24(33)35-2/h4-9,13,15,21H,3,10-12,14H2,1-2H3,(H,28,33)/t15-,21-,26+/m0/s1. The van der Waals surface area contributed by atoms with E-state index in [9.17, 15) is 23.6 Å². The van der Waals surface area contributed by atoms with E-state index in [2.05, 4.69) is 10.1 Å². The van der Waals surface area contributed by atoms with Crippen molar-refractivity contribution in [3.63, 3.8) is 0 Å². The molecule has 4 amide bonds. The molecular weight excluding hydrogens is 469 g/mol. The molecular formula is C26H26FN3O6. The van der Waals surface area contributed by atoms with Gasteiger partial charge in [0.15, 0.2) is 0 Å². The van der Waals surface area contributed by atoms with Gasteiger partial charge in [-0.3, -0.25) is 14.9 Å². The largest absolute Gasteiger partial charge is 0.453 e. The van der Waals surface area contributed by atoms with Crippen LogP contribution in [0.5, 0.6) is 0 Å². The highest BCUT2D eigenvalue weighted by atomic mass is 19.1. The molecule has 188 valence electrons. The third kappa shape index (κ3) is 3.86. The highest BCUT2D eigenvalue weighted by molar-refractivity contribution is 6.06. The van der Waals surface area contributed by atoms with E-state index in [1.54, 1.807) is 35.2 Å². The van der Waals surface area contributed by atoms with Crippen LogP contribution in [0.3, 0.4) is 0 Å². The lowest BCUT2D eigenvalue weighted by molar-refractivity contribution is -0.143. The fourth-order valence-electron chi connectivity index (χ4n) is 5.53. The Bertz CT molecular complexity index is 1250. The van der Waals surface area contributed by atoms with E-state index in [1.165, 1.54) is 19.2 Å². The smallest absolute Gasteiger partial charge is 0.418 e. The summed E-state index contributed by atoms with van der Waals surface area (Å²) in [5, 5.41) is 2.58. The number of fused-ring (bicyclic) bond motifs is 2. The molecule has 0 saturated carbocycles. The number of carbonyl (C=O) groups is 4. The summed E-state index contributed by atoms with van der Waals surface area (Å²) >= 11 is 0. The van der Waals surface area contributed by atoms with Gasteiger partial charge in [0.1, 0.15) is 12.4 Å². The van der Waals surface area contributed by atoms with Crippen LogP contribution in [0.4, 0.5) is 19.7 Å². The van der Waals surface area contributed by atoms with Crippen LogP contribution in [-0.2, 0) is 31.1 Å². The number of aryl methyl sites for hydroxylation is 1. The fourth-order valence-corrected chi connectivity index (χ4v) is 5.53. The molecule has 3 aliphatic rings. The summed E-state index contributed by atoms with van der Waals surface area (Å²) in [6.07, 6.45) is 0.691. The van der Waals surface area contributed by atoms with Crippen LogP contribution in [0, 0.1) is 5.82 Å². The Labute approximate surface area is 207 Å². The minimum absolute atomic E-state index is 0.0943. The Kier molecular flexibility index (Phi) is 5.89. The molecule has 36 heavy (non-hydrogen) atoms. The molecule has 2 saturated heterocycles. The number of anilines is 1. The first-order valence-electron chi connectivity index (χ1n) is 11.8. The van der Waals surface area contributed by atoms with Gasteiger partial charge < -0.3 is 14.4 Å². The molecule has 0 bridgehead atoms. The summed E-state index contributed by atoms with van der Waals surface area (Å²) in [6.45, 7) is 1.49. The molecule has 9 nitrogen and oxygen atoms in total. The lowest BCUT2D eigenvalue weighted by atomic mass is 9.94. The van der Waals surface area contributed by atoms with Gasteiger partial charge in [-0.1, -0.05) is 18.2 Å². The van der Waals surface area contributed by atoms with Crippen molar-refractivity contribution in [2.75, 3.05) is 19.0 Å². The second kappa shape index (κ2) is 8.92. The third-order valence-corrected chi connectivity index (χ3v) is 7.30. The van der Waals surface area contributed by atoms with Crippen LogP contribution in [0.15, 0.2) is 42.5 Å². The lowest BCUT2D eigenvalue weighted by Gasteiger charge is -2.30. The number of rotatable bonds is 4. The van der Waals surface area contributed by atoms with Crippen LogP contribution in [0.1, 0.15) is 48.9 Å². The van der Waals surface area contributed by atoms with Crippen molar-refractivity contribution in [3.05, 3.63) is 65.0 Å². The Morgan fingerprint density at radius 2 is 1.92 bits per heavy atom. The first-order valence-corrected chi connectivity index (χ1v) is 11.8. The highest BCUT2D eigenvalue weighted by Crippen LogP contribution is 2.46. The zero-order chi connectivity index (χ0) is 25.6. The maximum atomic E-state index is 13.5. The van der Waals surface area contributed by atoms with Gasteiger partial charge in [0.2, 0.25) is 11.5 Å². The molecule has 0 radical (unpaired) electrons. The molecule has 3 atom stereocenters. The second-order valence-electron chi connectivity index (χ2n) is 9.37. The summed E-state index contributed by atoms with van der Waals surface area (Å²) in [5.41, 5.74) is 1.13. The first kappa shape index (κ1) is 23.8. The minimum Gasteiger partial charge on any atom is -0.453 e. The molecule has 0 unspecified atom stereocenters. The number of hydrogen-bond acceptors (Lipinski definition) is 6. The monoisotopic (exact) mass is 495 g/mol. The number of amides is 4. The van der Waals surface area contributed by atoms with Gasteiger partial charge in [-0.2, -0.15) is 0 Å². The average Bonchev–Trinajstić information content (AvgIpc) is 3.49. The molecule has 1 aliphatic carbocycles. The number of halogens is 1. The van der Waals surface area contributed by atoms with Crippen LogP contribution in [-0.4, -0.2) is 53.5 Å². The number of carbonyl (C=O) groups excluding carboxylic acids is 4. The maximum Gasteiger partial charge on any atom is 0.418 e. The van der Waals surface area contributed by atoms with E-state index in [0.29, 0.717) is 24.1 Å². The summed E-state index contributed by atoms with van der Waals surface area (Å²) in [6, 6.07) is 10.6. The fraction of sp³-hybridized carbons (Fsp3) is 0.385. The molecule has 2 fully saturated rings. The zero-order valence-corrected chi connectivity index (χ0v) is 20.0. The summed E-state index contributed by atoms with van der Waals surface area (Å²) < 4.78 is 23.6. The lowest BCUT2D eigenvalue weighted by Crippen LogP contribution is -2.46. The van der Waals surface area contributed by atoms with Gasteiger partial charge >= 0.3 is 12.2 Å². The number of nitrogens with one attached hydrogen (secondary N) is 1. The summed E-state index contributed by atoms with van der Waals surface area (Å²) in [4.78, 5) is 53.8. The van der Waals surface area contributed by atoms with Gasteiger partial charge in [-0.15, -0.1) is 0 Å². The van der Waals surface area contributed by atoms with Crippen molar-refractivity contribution in [1.29, 1.82) is 0 Å². The van der Waals surface area contributed by atoms with Gasteiger partial charge in [0, 0.05) is 23.7 Å². The molecule has 2 heterocycles. The topological polar surface area (TPSA) is 105 Å². The van der Waals surface area contributed by atoms with Crippen molar-refractivity contribution in [3.8, 4) is 0 Å². The van der Waals surface area contributed by atoms with E-state index in [4.69, 9.17) is 4.74 Å². The Morgan fingerprint density at radius 3 is 2.64 bits per heavy atom. The third-order valence-electron chi connectivity index (χ3n) is 7.30. The number of benzene rings is 2. The maximum absolute atomic E-state index is 13.5. The van der Waals surface area contributed by atoms with Crippen molar-refractivity contribution in [2.45, 2.75) is 50.3 Å². The molecule has 10 heteroatoms. The molecule has 2 aliphatic heterocycles. The van der Waals surface area contributed by atoms with Crippen LogP contribution in [0.25, 0.3) is 0 Å². The Morgan fingerprint density at radius 1 is 1.17 bits per heavy atom. The van der Waals surface area contributed by atoms with E-state index in [1.807, 2.05) is 6.92 Å². The van der Waals surface area contributed by atoms with E-state index in [0.717, 1.165) is 22.4 Å². The molecule has 0 aromatic heterocycles. The number of hydrogen-bond donors (Lipinski definition) is 1. The van der Waals surface area contributed by atoms with Crippen molar-refractivity contribution in [1.82, 2.24) is 9.80 Å². The number of likely N-dealkylation sites (tertiary alicyclic amines) is 1. The molecule has 1 N–H and O–H groups in total. The van der Waals surface area contributed by atoms with Crippen LogP contribution >= 0.6 is 0 Å². The molecule has 1 spiro atoms. The predicted octanol–water partition coefficient (Wildman–Crippen LogP) is 3.88. The van der Waals surface area contributed by atoms with Gasteiger partial charge in [-0.25, -0.2) is 18.9 Å². The SMILES string of the molecule is COC(=O)Nc1ccc2c(c1)CC[C@@]21OC(=O)N(CC(=O)N2[C@@H](C)CC[C@H]2c2ccc(F)cc2)C1=O. The predicted molar refractivity (Wildman–Crippen MR) is 125 cm³/mol. The van der Waals surface area contributed by atoms with Crippen LogP contribution < -0.4 is 5.32 Å². The number of methoxy groups -OCH3 is 1. The summed E-state index contributed by atoms with van der Waals surface area (Å²) in [7, 11) is 1.26. The van der Waals surface area contributed by atoms with Gasteiger partial charge in [-0.05, 0) is 61.6 Å². The van der Waals surface area contributed by atoms with Crippen molar-refractivity contribution < 1.29 is 33.0 Å². The normalized spacial score (nSPS) is 24.8. The minimum atomic E-state index is -1.48.